The first kappa shape index (κ1) is 20.8. The van der Waals surface area contributed by atoms with Crippen molar-refractivity contribution in [2.24, 2.45) is 0 Å². The van der Waals surface area contributed by atoms with E-state index < -0.39 is 0 Å². The van der Waals surface area contributed by atoms with Crippen LogP contribution in [0.3, 0.4) is 0 Å². The van der Waals surface area contributed by atoms with Crippen LogP contribution in [0.25, 0.3) is 0 Å². The molecule has 0 aliphatic heterocycles. The van der Waals surface area contributed by atoms with Crippen LogP contribution in [0.2, 0.25) is 0 Å². The minimum Gasteiger partial charge on any atom is -0.465 e. The second kappa shape index (κ2) is 11.2. The molecule has 3 aromatic carbocycles. The lowest BCUT2D eigenvalue weighted by Gasteiger charge is -2.23. The summed E-state index contributed by atoms with van der Waals surface area (Å²) < 4.78 is 4.79. The molecule has 0 N–H and O–H groups in total. The molecule has 3 aromatic rings. The fraction of sp³-hybridized carbons (Fsp3) is 0.269. The van der Waals surface area contributed by atoms with Crippen molar-refractivity contribution in [1.29, 1.82) is 0 Å². The summed E-state index contributed by atoms with van der Waals surface area (Å²) in [5.41, 5.74) is 4.56. The molecule has 0 aliphatic carbocycles. The minimum atomic E-state index is -0.291. The van der Waals surface area contributed by atoms with Crippen molar-refractivity contribution in [1.82, 2.24) is 4.90 Å². The van der Waals surface area contributed by atoms with Crippen LogP contribution in [0, 0.1) is 0 Å². The molecular formula is C26H29NO2. The number of benzene rings is 3. The van der Waals surface area contributed by atoms with Gasteiger partial charge in [-0.15, -0.1) is 0 Å². The van der Waals surface area contributed by atoms with Gasteiger partial charge in [-0.1, -0.05) is 72.8 Å². The molecule has 0 saturated heterocycles. The Balaban J connectivity index is 1.60. The van der Waals surface area contributed by atoms with Gasteiger partial charge in [0.05, 0.1) is 12.7 Å². The van der Waals surface area contributed by atoms with Crippen molar-refractivity contribution < 1.29 is 9.53 Å². The van der Waals surface area contributed by atoms with E-state index >= 15 is 0 Å². The molecule has 0 aromatic heterocycles. The van der Waals surface area contributed by atoms with Crippen LogP contribution in [0.5, 0.6) is 0 Å². The van der Waals surface area contributed by atoms with Crippen LogP contribution in [-0.4, -0.2) is 31.1 Å². The Morgan fingerprint density at radius 2 is 1.31 bits per heavy atom. The lowest BCUT2D eigenvalue weighted by atomic mass is 10.1. The van der Waals surface area contributed by atoms with Crippen LogP contribution in [0.4, 0.5) is 0 Å². The number of carbonyl (C=O) groups excluding carboxylic acids is 1. The summed E-state index contributed by atoms with van der Waals surface area (Å²) in [6.45, 7) is 2.93. The molecule has 0 radical (unpaired) electrons. The molecule has 0 saturated carbocycles. The fourth-order valence-electron chi connectivity index (χ4n) is 3.48. The first-order valence-corrected chi connectivity index (χ1v) is 10.2. The number of ether oxygens (including phenoxy) is 1. The monoisotopic (exact) mass is 387 g/mol. The SMILES string of the molecule is COC(=O)c1ccc(CN(CCCc2ccccc2)CCc2ccccc2)cc1. The van der Waals surface area contributed by atoms with E-state index in [-0.39, 0.29) is 5.97 Å². The van der Waals surface area contributed by atoms with E-state index in [1.165, 1.54) is 23.8 Å². The number of hydrogen-bond acceptors (Lipinski definition) is 3. The molecule has 0 amide bonds. The van der Waals surface area contributed by atoms with E-state index in [4.69, 9.17) is 4.74 Å². The van der Waals surface area contributed by atoms with Crippen molar-refractivity contribution in [2.75, 3.05) is 20.2 Å². The molecule has 3 rings (SSSR count). The smallest absolute Gasteiger partial charge is 0.337 e. The Hall–Kier alpha value is -2.91. The normalized spacial score (nSPS) is 10.8. The largest absolute Gasteiger partial charge is 0.465 e. The number of aryl methyl sites for hydroxylation is 1. The van der Waals surface area contributed by atoms with Crippen molar-refractivity contribution in [3.05, 3.63) is 107 Å². The maximum atomic E-state index is 11.6. The topological polar surface area (TPSA) is 29.5 Å². The van der Waals surface area contributed by atoms with E-state index in [2.05, 4.69) is 65.6 Å². The van der Waals surface area contributed by atoms with Crippen molar-refractivity contribution in [3.8, 4) is 0 Å². The minimum absolute atomic E-state index is 0.291. The predicted octanol–water partition coefficient (Wildman–Crippen LogP) is 5.15. The van der Waals surface area contributed by atoms with Gasteiger partial charge >= 0.3 is 5.97 Å². The summed E-state index contributed by atoms with van der Waals surface area (Å²) in [4.78, 5) is 14.2. The highest BCUT2D eigenvalue weighted by molar-refractivity contribution is 5.89. The number of hydrogen-bond donors (Lipinski definition) is 0. The second-order valence-corrected chi connectivity index (χ2v) is 7.29. The molecule has 0 atom stereocenters. The third-order valence-corrected chi connectivity index (χ3v) is 5.12. The van der Waals surface area contributed by atoms with Gasteiger partial charge in [0.1, 0.15) is 0 Å². The van der Waals surface area contributed by atoms with Gasteiger partial charge in [0.2, 0.25) is 0 Å². The van der Waals surface area contributed by atoms with Gasteiger partial charge in [0, 0.05) is 13.1 Å². The van der Waals surface area contributed by atoms with E-state index in [1.807, 2.05) is 24.3 Å². The Kier molecular flexibility index (Phi) is 8.02. The summed E-state index contributed by atoms with van der Waals surface area (Å²) in [5.74, 6) is -0.291. The Morgan fingerprint density at radius 1 is 0.724 bits per heavy atom. The third kappa shape index (κ3) is 6.88. The summed E-state index contributed by atoms with van der Waals surface area (Å²) >= 11 is 0. The molecule has 29 heavy (non-hydrogen) atoms. The van der Waals surface area contributed by atoms with Crippen LogP contribution >= 0.6 is 0 Å². The summed E-state index contributed by atoms with van der Waals surface area (Å²) in [6, 6.07) is 29.0. The summed E-state index contributed by atoms with van der Waals surface area (Å²) in [6.07, 6.45) is 3.25. The molecule has 0 aliphatic rings. The lowest BCUT2D eigenvalue weighted by Crippen LogP contribution is -2.27. The van der Waals surface area contributed by atoms with Crippen molar-refractivity contribution >= 4 is 5.97 Å². The van der Waals surface area contributed by atoms with Gasteiger partial charge in [-0.3, -0.25) is 4.90 Å². The number of rotatable bonds is 10. The second-order valence-electron chi connectivity index (χ2n) is 7.29. The average molecular weight is 388 g/mol. The summed E-state index contributed by atoms with van der Waals surface area (Å²) in [7, 11) is 1.41. The summed E-state index contributed by atoms with van der Waals surface area (Å²) in [5, 5.41) is 0. The highest BCUT2D eigenvalue weighted by Gasteiger charge is 2.09. The van der Waals surface area contributed by atoms with Gasteiger partial charge in [-0.25, -0.2) is 4.79 Å². The van der Waals surface area contributed by atoms with Gasteiger partial charge in [-0.2, -0.15) is 0 Å². The fourth-order valence-corrected chi connectivity index (χ4v) is 3.48. The number of methoxy groups -OCH3 is 1. The molecule has 3 heteroatoms. The lowest BCUT2D eigenvalue weighted by molar-refractivity contribution is 0.0600. The first-order valence-electron chi connectivity index (χ1n) is 10.2. The third-order valence-electron chi connectivity index (χ3n) is 5.12. The molecule has 3 nitrogen and oxygen atoms in total. The van der Waals surface area contributed by atoms with Crippen LogP contribution < -0.4 is 0 Å². The van der Waals surface area contributed by atoms with Gasteiger partial charge in [-0.05, 0) is 54.6 Å². The highest BCUT2D eigenvalue weighted by Crippen LogP contribution is 2.12. The predicted molar refractivity (Wildman–Crippen MR) is 118 cm³/mol. The van der Waals surface area contributed by atoms with Crippen LogP contribution in [0.15, 0.2) is 84.9 Å². The quantitative estimate of drug-likeness (QED) is 0.451. The maximum Gasteiger partial charge on any atom is 0.337 e. The average Bonchev–Trinajstić information content (AvgIpc) is 2.78. The van der Waals surface area contributed by atoms with Gasteiger partial charge < -0.3 is 4.74 Å². The van der Waals surface area contributed by atoms with E-state index in [0.717, 1.165) is 38.9 Å². The highest BCUT2D eigenvalue weighted by atomic mass is 16.5. The Bertz CT molecular complexity index is 860. The zero-order valence-electron chi connectivity index (χ0n) is 17.1. The van der Waals surface area contributed by atoms with Crippen LogP contribution in [-0.2, 0) is 24.1 Å². The zero-order chi connectivity index (χ0) is 20.3. The molecule has 150 valence electrons. The number of carbonyl (C=O) groups is 1. The molecule has 0 bridgehead atoms. The molecule has 0 heterocycles. The first-order chi connectivity index (χ1) is 14.2. The van der Waals surface area contributed by atoms with Crippen molar-refractivity contribution in [3.63, 3.8) is 0 Å². The van der Waals surface area contributed by atoms with Crippen molar-refractivity contribution in [2.45, 2.75) is 25.8 Å². The molecule has 0 fully saturated rings. The number of nitrogens with zero attached hydrogens (tertiary/aromatic N) is 1. The maximum absolute atomic E-state index is 11.6. The van der Waals surface area contributed by atoms with E-state index in [9.17, 15) is 4.79 Å². The van der Waals surface area contributed by atoms with E-state index in [0.29, 0.717) is 5.56 Å². The van der Waals surface area contributed by atoms with Gasteiger partial charge in [0.15, 0.2) is 0 Å². The molecule has 0 spiro atoms. The zero-order valence-corrected chi connectivity index (χ0v) is 17.1. The Morgan fingerprint density at radius 3 is 1.90 bits per heavy atom. The Labute approximate surface area is 174 Å². The molecular weight excluding hydrogens is 358 g/mol. The van der Waals surface area contributed by atoms with Crippen LogP contribution in [0.1, 0.15) is 33.5 Å². The number of esters is 1. The van der Waals surface area contributed by atoms with E-state index in [1.54, 1.807) is 0 Å². The molecule has 0 unspecified atom stereocenters. The van der Waals surface area contributed by atoms with Gasteiger partial charge in [0.25, 0.3) is 0 Å². The standard InChI is InChI=1S/C26H29NO2/c1-29-26(28)25-16-14-24(15-17-25)21-27(20-18-23-11-6-3-7-12-23)19-8-13-22-9-4-2-5-10-22/h2-7,9-12,14-17H,8,13,18-21H2,1H3.